The Kier molecular flexibility index (Phi) is 5.01. The fraction of sp³-hybridized carbons (Fsp3) is 0.269. The predicted molar refractivity (Wildman–Crippen MR) is 116 cm³/mol. The zero-order valence-electron chi connectivity index (χ0n) is 16.8. The lowest BCUT2D eigenvalue weighted by molar-refractivity contribution is 0.0678. The lowest BCUT2D eigenvalue weighted by Gasteiger charge is -2.29. The number of amides is 1. The van der Waals surface area contributed by atoms with Crippen LogP contribution in [0.5, 0.6) is 0 Å². The zero-order chi connectivity index (χ0) is 20.5. The van der Waals surface area contributed by atoms with Gasteiger partial charge in [-0.3, -0.25) is 4.90 Å². The Labute approximate surface area is 176 Å². The Hall–Kier alpha value is -3.11. The topological polar surface area (TPSA) is 49.8 Å². The van der Waals surface area contributed by atoms with Crippen LogP contribution in [-0.4, -0.2) is 35.4 Å². The minimum absolute atomic E-state index is 0.0340. The molecular weight excluding hydrogens is 374 g/mol. The van der Waals surface area contributed by atoms with Gasteiger partial charge < -0.3 is 9.84 Å². The summed E-state index contributed by atoms with van der Waals surface area (Å²) in [6.07, 6.45) is 1.27. The summed E-state index contributed by atoms with van der Waals surface area (Å²) in [4.78, 5) is 14.9. The third-order valence-electron chi connectivity index (χ3n) is 6.44. The minimum Gasteiger partial charge on any atom is -0.448 e. The van der Waals surface area contributed by atoms with Gasteiger partial charge in [0.2, 0.25) is 0 Å². The second kappa shape index (κ2) is 7.96. The van der Waals surface area contributed by atoms with E-state index in [1.54, 1.807) is 4.90 Å². The highest BCUT2D eigenvalue weighted by Crippen LogP contribution is 2.45. The first-order valence-electron chi connectivity index (χ1n) is 10.6. The summed E-state index contributed by atoms with van der Waals surface area (Å²) in [5.41, 5.74) is 5.91. The highest BCUT2D eigenvalue weighted by molar-refractivity contribution is 5.79. The van der Waals surface area contributed by atoms with E-state index in [0.29, 0.717) is 6.61 Å². The number of rotatable bonds is 4. The van der Waals surface area contributed by atoms with Crippen molar-refractivity contribution < 1.29 is 14.6 Å². The summed E-state index contributed by atoms with van der Waals surface area (Å²) < 4.78 is 5.88. The molecule has 30 heavy (non-hydrogen) atoms. The maximum absolute atomic E-state index is 13.2. The lowest BCUT2D eigenvalue weighted by Crippen LogP contribution is -2.40. The van der Waals surface area contributed by atoms with E-state index in [1.165, 1.54) is 22.3 Å². The van der Waals surface area contributed by atoms with Gasteiger partial charge in [-0.05, 0) is 40.7 Å². The van der Waals surface area contributed by atoms with E-state index in [1.807, 2.05) is 54.6 Å². The van der Waals surface area contributed by atoms with Crippen LogP contribution >= 0.6 is 0 Å². The maximum Gasteiger partial charge on any atom is 0.410 e. The number of hydrogen-bond acceptors (Lipinski definition) is 3. The number of likely N-dealkylation sites (tertiary alicyclic amines) is 1. The number of ether oxygens (including phenoxy) is 1. The van der Waals surface area contributed by atoms with E-state index >= 15 is 0 Å². The van der Waals surface area contributed by atoms with Crippen LogP contribution in [0.1, 0.15) is 41.5 Å². The predicted octanol–water partition coefficient (Wildman–Crippen LogP) is 5.13. The first-order valence-corrected chi connectivity index (χ1v) is 10.6. The van der Waals surface area contributed by atoms with Crippen LogP contribution in [-0.2, 0) is 4.74 Å². The molecule has 4 heteroatoms. The maximum atomic E-state index is 13.2. The molecule has 1 aliphatic carbocycles. The molecule has 0 spiro atoms. The van der Waals surface area contributed by atoms with Crippen molar-refractivity contribution in [3.8, 4) is 11.1 Å². The third kappa shape index (κ3) is 3.17. The SMILES string of the molecule is O=C(OCC1c2ccccc2-c2ccccc21)N1C(CO)CCC1c1ccccc1. The fourth-order valence-corrected chi connectivity index (χ4v) is 5.01. The molecule has 152 valence electrons. The highest BCUT2D eigenvalue weighted by Gasteiger charge is 2.39. The van der Waals surface area contributed by atoms with Crippen molar-refractivity contribution in [2.24, 2.45) is 0 Å². The van der Waals surface area contributed by atoms with E-state index in [-0.39, 0.29) is 30.7 Å². The molecule has 1 heterocycles. The molecule has 1 amide bonds. The van der Waals surface area contributed by atoms with Crippen molar-refractivity contribution in [2.75, 3.05) is 13.2 Å². The van der Waals surface area contributed by atoms with Crippen LogP contribution < -0.4 is 0 Å². The summed E-state index contributed by atoms with van der Waals surface area (Å²) >= 11 is 0. The van der Waals surface area contributed by atoms with E-state index in [0.717, 1.165) is 18.4 Å². The number of carbonyl (C=O) groups is 1. The van der Waals surface area contributed by atoms with Gasteiger partial charge in [-0.15, -0.1) is 0 Å². The molecule has 1 N–H and O–H groups in total. The summed E-state index contributed by atoms with van der Waals surface area (Å²) in [7, 11) is 0. The molecule has 1 aliphatic heterocycles. The zero-order valence-corrected chi connectivity index (χ0v) is 16.8. The average Bonchev–Trinajstić information content (AvgIpc) is 3.38. The quantitative estimate of drug-likeness (QED) is 0.661. The van der Waals surface area contributed by atoms with Crippen LogP contribution in [0.2, 0.25) is 0 Å². The van der Waals surface area contributed by atoms with Gasteiger partial charge in [0.05, 0.1) is 18.7 Å². The van der Waals surface area contributed by atoms with Crippen LogP contribution in [0, 0.1) is 0 Å². The highest BCUT2D eigenvalue weighted by atomic mass is 16.6. The van der Waals surface area contributed by atoms with Crippen LogP contribution in [0.15, 0.2) is 78.9 Å². The van der Waals surface area contributed by atoms with Crippen molar-refractivity contribution in [1.82, 2.24) is 4.90 Å². The Morgan fingerprint density at radius 3 is 2.10 bits per heavy atom. The number of hydrogen-bond donors (Lipinski definition) is 1. The summed E-state index contributed by atoms with van der Waals surface area (Å²) in [5, 5.41) is 9.84. The summed E-state index contributed by atoms with van der Waals surface area (Å²) in [5.74, 6) is 0.0340. The third-order valence-corrected chi connectivity index (χ3v) is 6.44. The molecule has 2 unspecified atom stereocenters. The molecule has 5 rings (SSSR count). The van der Waals surface area contributed by atoms with Gasteiger partial charge in [0, 0.05) is 5.92 Å². The average molecular weight is 399 g/mol. The molecule has 4 nitrogen and oxygen atoms in total. The molecule has 0 aromatic heterocycles. The van der Waals surface area contributed by atoms with Gasteiger partial charge in [-0.25, -0.2) is 4.79 Å². The summed E-state index contributed by atoms with van der Waals surface area (Å²) in [6.45, 7) is 0.247. The number of aliphatic hydroxyl groups is 1. The number of benzene rings is 3. The van der Waals surface area contributed by atoms with Gasteiger partial charge >= 0.3 is 6.09 Å². The van der Waals surface area contributed by atoms with Crippen molar-refractivity contribution in [2.45, 2.75) is 30.8 Å². The molecule has 0 radical (unpaired) electrons. The molecule has 1 fully saturated rings. The van der Waals surface area contributed by atoms with Crippen LogP contribution in [0.4, 0.5) is 4.79 Å². The Morgan fingerprint density at radius 2 is 1.47 bits per heavy atom. The smallest absolute Gasteiger partial charge is 0.410 e. The van der Waals surface area contributed by atoms with Gasteiger partial charge in [0.15, 0.2) is 0 Å². The van der Waals surface area contributed by atoms with Crippen molar-refractivity contribution in [3.63, 3.8) is 0 Å². The Morgan fingerprint density at radius 1 is 0.867 bits per heavy atom. The van der Waals surface area contributed by atoms with Gasteiger partial charge in [0.25, 0.3) is 0 Å². The first kappa shape index (κ1) is 18.9. The van der Waals surface area contributed by atoms with E-state index in [2.05, 4.69) is 24.3 Å². The largest absolute Gasteiger partial charge is 0.448 e. The molecular formula is C26H25NO3. The van der Waals surface area contributed by atoms with Crippen molar-refractivity contribution >= 4 is 6.09 Å². The second-order valence-electron chi connectivity index (χ2n) is 8.05. The number of aliphatic hydroxyl groups excluding tert-OH is 1. The van der Waals surface area contributed by atoms with Crippen LogP contribution in [0.3, 0.4) is 0 Å². The van der Waals surface area contributed by atoms with E-state index in [4.69, 9.17) is 4.74 Å². The summed E-state index contributed by atoms with van der Waals surface area (Å²) in [6, 6.07) is 26.4. The first-order chi connectivity index (χ1) is 14.8. The van der Waals surface area contributed by atoms with Crippen molar-refractivity contribution in [3.05, 3.63) is 95.6 Å². The molecule has 2 aliphatic rings. The van der Waals surface area contributed by atoms with E-state index in [9.17, 15) is 9.90 Å². The van der Waals surface area contributed by atoms with Gasteiger partial charge in [0.1, 0.15) is 6.61 Å². The normalized spacial score (nSPS) is 20.1. The molecule has 0 bridgehead atoms. The minimum atomic E-state index is -0.345. The molecule has 3 aromatic rings. The molecule has 1 saturated heterocycles. The number of carbonyl (C=O) groups excluding carboxylic acids is 1. The Balaban J connectivity index is 1.38. The second-order valence-corrected chi connectivity index (χ2v) is 8.05. The number of nitrogens with zero attached hydrogens (tertiary/aromatic N) is 1. The standard InChI is InChI=1S/C26H25NO3/c28-16-19-14-15-25(18-8-2-1-3-9-18)27(19)26(29)30-17-24-22-12-6-4-10-20(22)21-11-5-7-13-23(21)24/h1-13,19,24-25,28H,14-17H2. The number of fused-ring (bicyclic) bond motifs is 3. The molecule has 3 aromatic carbocycles. The van der Waals surface area contributed by atoms with Gasteiger partial charge in [-0.1, -0.05) is 78.9 Å². The monoisotopic (exact) mass is 399 g/mol. The van der Waals surface area contributed by atoms with E-state index < -0.39 is 0 Å². The fourth-order valence-electron chi connectivity index (χ4n) is 5.01. The molecule has 2 atom stereocenters. The lowest BCUT2D eigenvalue weighted by atomic mass is 9.98. The van der Waals surface area contributed by atoms with Gasteiger partial charge in [-0.2, -0.15) is 0 Å². The van der Waals surface area contributed by atoms with Crippen LogP contribution in [0.25, 0.3) is 11.1 Å². The van der Waals surface area contributed by atoms with Crippen molar-refractivity contribution in [1.29, 1.82) is 0 Å². The Bertz CT molecular complexity index is 1000. The molecule has 0 saturated carbocycles.